The highest BCUT2D eigenvalue weighted by molar-refractivity contribution is 7.09. The molecule has 0 aliphatic carbocycles. The maximum atomic E-state index is 12.7. The number of benzene rings is 2. The number of morpholine rings is 1. The van der Waals surface area contributed by atoms with E-state index in [-0.39, 0.29) is 12.7 Å². The molecule has 3 heterocycles. The summed E-state index contributed by atoms with van der Waals surface area (Å²) in [6, 6.07) is 12.0. The van der Waals surface area contributed by atoms with E-state index in [1.165, 1.54) is 11.3 Å². The molecule has 214 valence electrons. The van der Waals surface area contributed by atoms with E-state index >= 15 is 0 Å². The first-order chi connectivity index (χ1) is 19.6. The highest BCUT2D eigenvalue weighted by Crippen LogP contribution is 2.33. The van der Waals surface area contributed by atoms with Crippen LogP contribution in [0.2, 0.25) is 0 Å². The SMILES string of the molecule is COc1ccc(CCN(Cc2ccc3c(c2)OCO3)Cc2nc(C(=O)NCCN3CCOCC3)cs2)cc1OC. The Labute approximate surface area is 238 Å². The molecule has 0 unspecified atom stereocenters. The summed E-state index contributed by atoms with van der Waals surface area (Å²) in [7, 11) is 3.28. The lowest BCUT2D eigenvalue weighted by molar-refractivity contribution is 0.0383. The van der Waals surface area contributed by atoms with E-state index in [9.17, 15) is 4.79 Å². The largest absolute Gasteiger partial charge is 0.493 e. The number of ether oxygens (including phenoxy) is 5. The molecule has 1 saturated heterocycles. The second kappa shape index (κ2) is 13.8. The monoisotopic (exact) mass is 568 g/mol. The standard InChI is InChI=1S/C29H36N4O6S/c1-35-24-5-3-21(15-26(24)36-2)7-9-33(17-22-4-6-25-27(16-22)39-20-38-25)18-28-31-23(19-40-28)29(34)30-8-10-32-11-13-37-14-12-32/h3-6,15-16,19H,7-14,17-18,20H2,1-2H3,(H,30,34). The van der Waals surface area contributed by atoms with E-state index in [0.29, 0.717) is 36.8 Å². The third-order valence-corrected chi connectivity index (χ3v) is 7.80. The van der Waals surface area contributed by atoms with Crippen molar-refractivity contribution in [3.8, 4) is 23.0 Å². The van der Waals surface area contributed by atoms with Crippen LogP contribution in [0.25, 0.3) is 0 Å². The van der Waals surface area contributed by atoms with Gasteiger partial charge in [0.1, 0.15) is 10.7 Å². The molecule has 1 aromatic heterocycles. The van der Waals surface area contributed by atoms with Crippen LogP contribution in [0.4, 0.5) is 0 Å². The first kappa shape index (κ1) is 28.2. The van der Waals surface area contributed by atoms with Crippen LogP contribution in [0.1, 0.15) is 26.6 Å². The van der Waals surface area contributed by atoms with Crippen LogP contribution in [0.5, 0.6) is 23.0 Å². The predicted octanol–water partition coefficient (Wildman–Crippen LogP) is 3.20. The van der Waals surface area contributed by atoms with Gasteiger partial charge in [0.05, 0.1) is 34.0 Å². The zero-order chi connectivity index (χ0) is 27.7. The fourth-order valence-electron chi connectivity index (χ4n) is 4.76. The van der Waals surface area contributed by atoms with Crippen LogP contribution in [-0.2, 0) is 24.2 Å². The molecule has 0 bridgehead atoms. The molecule has 2 aliphatic rings. The molecule has 1 fully saturated rings. The van der Waals surface area contributed by atoms with E-state index in [0.717, 1.165) is 73.4 Å². The summed E-state index contributed by atoms with van der Waals surface area (Å²) >= 11 is 1.51. The molecule has 5 rings (SSSR count). The highest BCUT2D eigenvalue weighted by atomic mass is 32.1. The maximum absolute atomic E-state index is 12.7. The van der Waals surface area contributed by atoms with Crippen LogP contribution in [0, 0.1) is 0 Å². The number of thiazole rings is 1. The third-order valence-electron chi connectivity index (χ3n) is 6.97. The fourth-order valence-corrected chi connectivity index (χ4v) is 5.57. The van der Waals surface area contributed by atoms with Crippen molar-refractivity contribution in [3.63, 3.8) is 0 Å². The molecular formula is C29H36N4O6S. The van der Waals surface area contributed by atoms with Crippen molar-refractivity contribution in [2.45, 2.75) is 19.5 Å². The molecule has 3 aromatic rings. The third kappa shape index (κ3) is 7.42. The van der Waals surface area contributed by atoms with Gasteiger partial charge in [0, 0.05) is 44.6 Å². The van der Waals surface area contributed by atoms with Gasteiger partial charge in [-0.1, -0.05) is 12.1 Å². The molecule has 1 amide bonds. The molecule has 0 atom stereocenters. The lowest BCUT2D eigenvalue weighted by Crippen LogP contribution is -2.41. The number of methoxy groups -OCH3 is 2. The Bertz CT molecular complexity index is 1280. The zero-order valence-electron chi connectivity index (χ0n) is 23.0. The summed E-state index contributed by atoms with van der Waals surface area (Å²) in [5.41, 5.74) is 2.73. The highest BCUT2D eigenvalue weighted by Gasteiger charge is 2.18. The Morgan fingerprint density at radius 1 is 1.02 bits per heavy atom. The number of aromatic nitrogens is 1. The molecule has 2 aromatic carbocycles. The van der Waals surface area contributed by atoms with Crippen LogP contribution in [-0.4, -0.2) is 87.6 Å². The Kier molecular flexibility index (Phi) is 9.72. The lowest BCUT2D eigenvalue weighted by Gasteiger charge is -2.26. The summed E-state index contributed by atoms with van der Waals surface area (Å²) in [5, 5.41) is 5.74. The van der Waals surface area contributed by atoms with Gasteiger partial charge in [-0.05, 0) is 41.8 Å². The smallest absolute Gasteiger partial charge is 0.270 e. The average Bonchev–Trinajstić information content (AvgIpc) is 3.66. The summed E-state index contributed by atoms with van der Waals surface area (Å²) in [6.07, 6.45) is 0.811. The van der Waals surface area contributed by atoms with Crippen LogP contribution in [0.15, 0.2) is 41.8 Å². The molecule has 0 saturated carbocycles. The number of rotatable bonds is 13. The molecule has 10 nitrogen and oxygen atoms in total. The zero-order valence-corrected chi connectivity index (χ0v) is 23.8. The second-order valence-electron chi connectivity index (χ2n) is 9.67. The topological polar surface area (TPSA) is 94.6 Å². The summed E-state index contributed by atoms with van der Waals surface area (Å²) in [4.78, 5) is 22.0. The van der Waals surface area contributed by atoms with Crippen LogP contribution >= 0.6 is 11.3 Å². The molecule has 0 radical (unpaired) electrons. The molecular weight excluding hydrogens is 532 g/mol. The average molecular weight is 569 g/mol. The number of carbonyl (C=O) groups is 1. The van der Waals surface area contributed by atoms with E-state index in [1.807, 2.05) is 29.6 Å². The minimum absolute atomic E-state index is 0.136. The molecule has 11 heteroatoms. The Morgan fingerprint density at radius 3 is 2.65 bits per heavy atom. The lowest BCUT2D eigenvalue weighted by atomic mass is 10.1. The summed E-state index contributed by atoms with van der Waals surface area (Å²) in [6.45, 7) is 7.05. The van der Waals surface area contributed by atoms with Gasteiger partial charge in [-0.25, -0.2) is 4.98 Å². The maximum Gasteiger partial charge on any atom is 0.270 e. The van der Waals surface area contributed by atoms with Crippen molar-refractivity contribution in [1.82, 2.24) is 20.1 Å². The number of fused-ring (bicyclic) bond motifs is 1. The van der Waals surface area contributed by atoms with Gasteiger partial charge in [-0.15, -0.1) is 11.3 Å². The van der Waals surface area contributed by atoms with Crippen molar-refractivity contribution in [3.05, 3.63) is 63.6 Å². The van der Waals surface area contributed by atoms with Gasteiger partial charge < -0.3 is 29.0 Å². The number of nitrogens with one attached hydrogen (secondary N) is 1. The number of carbonyl (C=O) groups excluding carboxylic acids is 1. The van der Waals surface area contributed by atoms with Crippen LogP contribution < -0.4 is 24.3 Å². The molecule has 2 aliphatic heterocycles. The Hall–Kier alpha value is -3.38. The Morgan fingerprint density at radius 2 is 1.82 bits per heavy atom. The number of hydrogen-bond acceptors (Lipinski definition) is 10. The molecule has 1 N–H and O–H groups in total. The minimum atomic E-state index is -0.136. The van der Waals surface area contributed by atoms with E-state index < -0.39 is 0 Å². The molecule has 40 heavy (non-hydrogen) atoms. The Balaban J connectivity index is 1.22. The minimum Gasteiger partial charge on any atom is -0.493 e. The van der Waals surface area contributed by atoms with Crippen molar-refractivity contribution in [2.24, 2.45) is 0 Å². The van der Waals surface area contributed by atoms with Crippen molar-refractivity contribution < 1.29 is 28.5 Å². The van der Waals surface area contributed by atoms with Crippen LogP contribution in [0.3, 0.4) is 0 Å². The summed E-state index contributed by atoms with van der Waals surface area (Å²) in [5.74, 6) is 2.82. The molecule has 0 spiro atoms. The summed E-state index contributed by atoms with van der Waals surface area (Å²) < 4.78 is 27.3. The van der Waals surface area contributed by atoms with Gasteiger partial charge in [0.25, 0.3) is 5.91 Å². The predicted molar refractivity (Wildman–Crippen MR) is 152 cm³/mol. The van der Waals surface area contributed by atoms with Crippen molar-refractivity contribution in [2.75, 3.05) is 67.0 Å². The number of amides is 1. The second-order valence-corrected chi connectivity index (χ2v) is 10.6. The first-order valence-corrected chi connectivity index (χ1v) is 14.3. The van der Waals surface area contributed by atoms with Crippen molar-refractivity contribution >= 4 is 17.2 Å². The van der Waals surface area contributed by atoms with Gasteiger partial charge in [-0.2, -0.15) is 0 Å². The van der Waals surface area contributed by atoms with Gasteiger partial charge in [0.2, 0.25) is 6.79 Å². The van der Waals surface area contributed by atoms with Gasteiger partial charge in [0.15, 0.2) is 23.0 Å². The number of hydrogen-bond donors (Lipinski definition) is 1. The van der Waals surface area contributed by atoms with E-state index in [1.54, 1.807) is 14.2 Å². The van der Waals surface area contributed by atoms with E-state index in [2.05, 4.69) is 32.2 Å². The normalized spacial score (nSPS) is 14.9. The fraction of sp³-hybridized carbons (Fsp3) is 0.448. The van der Waals surface area contributed by atoms with Gasteiger partial charge >= 0.3 is 0 Å². The van der Waals surface area contributed by atoms with Gasteiger partial charge in [-0.3, -0.25) is 14.6 Å². The van der Waals surface area contributed by atoms with Crippen molar-refractivity contribution in [1.29, 1.82) is 0 Å². The first-order valence-electron chi connectivity index (χ1n) is 13.5. The quantitative estimate of drug-likeness (QED) is 0.334. The number of nitrogens with zero attached hydrogens (tertiary/aromatic N) is 3. The van der Waals surface area contributed by atoms with E-state index in [4.69, 9.17) is 23.7 Å².